The van der Waals surface area contributed by atoms with Crippen LogP contribution in [-0.2, 0) is 24.2 Å². The number of fused-ring (bicyclic) bond motifs is 1. The summed E-state index contributed by atoms with van der Waals surface area (Å²) in [7, 11) is 0. The van der Waals surface area contributed by atoms with Crippen LogP contribution in [0.1, 0.15) is 65.0 Å². The Morgan fingerprint density at radius 2 is 2.00 bits per heavy atom. The number of rotatable bonds is 9. The first-order chi connectivity index (χ1) is 12.7. The summed E-state index contributed by atoms with van der Waals surface area (Å²) in [5.74, 6) is 3.43. The zero-order valence-electron chi connectivity index (χ0n) is 17.3. The predicted octanol–water partition coefficient (Wildman–Crippen LogP) is 3.13. The molecule has 1 aliphatic heterocycles. The number of ether oxygens (including phenoxy) is 1. The van der Waals surface area contributed by atoms with Crippen molar-refractivity contribution in [2.45, 2.75) is 79.0 Å². The molecule has 0 amide bonds. The van der Waals surface area contributed by atoms with Gasteiger partial charge in [0.25, 0.3) is 0 Å². The van der Waals surface area contributed by atoms with Gasteiger partial charge in [-0.1, -0.05) is 20.3 Å². The lowest BCUT2D eigenvalue weighted by atomic mass is 10.0. The van der Waals surface area contributed by atoms with Gasteiger partial charge in [-0.2, -0.15) is 0 Å². The molecule has 7 nitrogen and oxygen atoms in total. The van der Waals surface area contributed by atoms with E-state index in [4.69, 9.17) is 9.73 Å². The van der Waals surface area contributed by atoms with Gasteiger partial charge in [0.05, 0.1) is 6.10 Å². The van der Waals surface area contributed by atoms with Gasteiger partial charge in [0.15, 0.2) is 11.8 Å². The molecule has 27 heavy (non-hydrogen) atoms. The van der Waals surface area contributed by atoms with Crippen LogP contribution in [0.2, 0.25) is 0 Å². The zero-order valence-corrected chi connectivity index (χ0v) is 19.7. The van der Waals surface area contributed by atoms with Crippen molar-refractivity contribution in [3.8, 4) is 0 Å². The first-order valence-electron chi connectivity index (χ1n) is 10.2. The molecule has 1 aliphatic rings. The Labute approximate surface area is 181 Å². The Morgan fingerprint density at radius 1 is 1.19 bits per heavy atom. The molecule has 1 aromatic heterocycles. The topological polar surface area (TPSA) is 76.4 Å². The lowest BCUT2D eigenvalue weighted by Gasteiger charge is -2.21. The summed E-state index contributed by atoms with van der Waals surface area (Å²) in [6, 6.07) is 0. The molecular weight excluding hydrogens is 455 g/mol. The molecule has 0 aliphatic carbocycles. The molecule has 0 fully saturated rings. The van der Waals surface area contributed by atoms with Gasteiger partial charge in [-0.15, -0.1) is 34.2 Å². The van der Waals surface area contributed by atoms with Crippen LogP contribution in [0, 0.1) is 5.92 Å². The average Bonchev–Trinajstić information content (AvgIpc) is 2.85. The zero-order chi connectivity index (χ0) is 18.8. The highest BCUT2D eigenvalue weighted by Gasteiger charge is 2.15. The first kappa shape index (κ1) is 24.1. The van der Waals surface area contributed by atoms with Crippen molar-refractivity contribution < 1.29 is 4.74 Å². The van der Waals surface area contributed by atoms with Gasteiger partial charge in [-0.3, -0.25) is 0 Å². The smallest absolute Gasteiger partial charge is 0.191 e. The number of aliphatic imine (C=N–C) groups is 1. The van der Waals surface area contributed by atoms with Gasteiger partial charge in [0.1, 0.15) is 12.4 Å². The summed E-state index contributed by atoms with van der Waals surface area (Å²) in [5, 5.41) is 15.4. The molecule has 2 rings (SSSR count). The second-order valence-electron chi connectivity index (χ2n) is 7.14. The summed E-state index contributed by atoms with van der Waals surface area (Å²) in [6.07, 6.45) is 5.96. The SMILES string of the molecule is CCNC(=NCc1nnc2n1CCCCC2)NCCC(OCC)C(C)C.I. The van der Waals surface area contributed by atoms with Crippen molar-refractivity contribution in [2.75, 3.05) is 19.7 Å². The molecule has 1 atom stereocenters. The maximum absolute atomic E-state index is 5.82. The summed E-state index contributed by atoms with van der Waals surface area (Å²) in [6.45, 7) is 12.5. The van der Waals surface area contributed by atoms with E-state index in [0.717, 1.165) is 56.7 Å². The lowest BCUT2D eigenvalue weighted by Crippen LogP contribution is -2.39. The number of guanidine groups is 1. The van der Waals surface area contributed by atoms with Gasteiger partial charge in [0, 0.05) is 32.7 Å². The van der Waals surface area contributed by atoms with Crippen molar-refractivity contribution in [2.24, 2.45) is 10.9 Å². The number of aryl methyl sites for hydroxylation is 1. The Balaban J connectivity index is 0.00000364. The third-order valence-electron chi connectivity index (χ3n) is 4.75. The van der Waals surface area contributed by atoms with Gasteiger partial charge in [-0.25, -0.2) is 4.99 Å². The molecule has 0 saturated carbocycles. The van der Waals surface area contributed by atoms with Crippen LogP contribution in [0.3, 0.4) is 0 Å². The Bertz CT molecular complexity index is 560. The van der Waals surface area contributed by atoms with E-state index in [2.05, 4.69) is 53.1 Å². The molecule has 0 spiro atoms. The second kappa shape index (κ2) is 13.3. The van der Waals surface area contributed by atoms with Crippen LogP contribution in [-0.4, -0.2) is 46.5 Å². The molecule has 2 heterocycles. The summed E-state index contributed by atoms with van der Waals surface area (Å²) in [5.41, 5.74) is 0. The second-order valence-corrected chi connectivity index (χ2v) is 7.14. The first-order valence-corrected chi connectivity index (χ1v) is 10.2. The minimum Gasteiger partial charge on any atom is -0.378 e. The lowest BCUT2D eigenvalue weighted by molar-refractivity contribution is 0.0258. The fourth-order valence-corrected chi connectivity index (χ4v) is 3.31. The largest absolute Gasteiger partial charge is 0.378 e. The number of hydrogen-bond acceptors (Lipinski definition) is 4. The predicted molar refractivity (Wildman–Crippen MR) is 121 cm³/mol. The summed E-state index contributed by atoms with van der Waals surface area (Å²) >= 11 is 0. The summed E-state index contributed by atoms with van der Waals surface area (Å²) < 4.78 is 8.07. The third kappa shape index (κ3) is 7.93. The van der Waals surface area contributed by atoms with Crippen LogP contribution in [0.25, 0.3) is 0 Å². The Morgan fingerprint density at radius 3 is 2.70 bits per heavy atom. The number of nitrogens with zero attached hydrogens (tertiary/aromatic N) is 4. The van der Waals surface area contributed by atoms with E-state index in [-0.39, 0.29) is 30.1 Å². The number of halogens is 1. The number of nitrogens with one attached hydrogen (secondary N) is 2. The van der Waals surface area contributed by atoms with Crippen molar-refractivity contribution in [3.05, 3.63) is 11.6 Å². The minimum absolute atomic E-state index is 0. The van der Waals surface area contributed by atoms with Crippen LogP contribution >= 0.6 is 24.0 Å². The molecule has 1 unspecified atom stereocenters. The fraction of sp³-hybridized carbons (Fsp3) is 0.842. The van der Waals surface area contributed by atoms with Gasteiger partial charge in [0.2, 0.25) is 0 Å². The van der Waals surface area contributed by atoms with E-state index < -0.39 is 0 Å². The molecule has 0 saturated heterocycles. The van der Waals surface area contributed by atoms with Crippen LogP contribution in [0.4, 0.5) is 0 Å². The molecular formula is C19H37IN6O. The highest BCUT2D eigenvalue weighted by molar-refractivity contribution is 14.0. The van der Waals surface area contributed by atoms with Gasteiger partial charge in [-0.05, 0) is 39.0 Å². The molecule has 0 bridgehead atoms. The molecule has 1 aromatic rings. The van der Waals surface area contributed by atoms with Crippen LogP contribution in [0.5, 0.6) is 0 Å². The Kier molecular flexibility index (Phi) is 11.9. The van der Waals surface area contributed by atoms with E-state index in [1.807, 2.05) is 0 Å². The monoisotopic (exact) mass is 492 g/mol. The quantitative estimate of drug-likeness (QED) is 0.315. The number of hydrogen-bond donors (Lipinski definition) is 2. The third-order valence-corrected chi connectivity index (χ3v) is 4.75. The molecule has 0 radical (unpaired) electrons. The van der Waals surface area contributed by atoms with E-state index in [1.165, 1.54) is 19.3 Å². The van der Waals surface area contributed by atoms with Gasteiger partial charge >= 0.3 is 0 Å². The highest BCUT2D eigenvalue weighted by Crippen LogP contribution is 2.15. The van der Waals surface area contributed by atoms with Crippen molar-refractivity contribution in [1.82, 2.24) is 25.4 Å². The average molecular weight is 492 g/mol. The molecule has 156 valence electrons. The fourth-order valence-electron chi connectivity index (χ4n) is 3.31. The van der Waals surface area contributed by atoms with E-state index in [1.54, 1.807) is 0 Å². The molecule has 0 aromatic carbocycles. The van der Waals surface area contributed by atoms with Crippen molar-refractivity contribution in [3.63, 3.8) is 0 Å². The van der Waals surface area contributed by atoms with E-state index >= 15 is 0 Å². The highest BCUT2D eigenvalue weighted by atomic mass is 127. The van der Waals surface area contributed by atoms with Crippen molar-refractivity contribution in [1.29, 1.82) is 0 Å². The van der Waals surface area contributed by atoms with E-state index in [0.29, 0.717) is 12.5 Å². The van der Waals surface area contributed by atoms with E-state index in [9.17, 15) is 0 Å². The molecule has 8 heteroatoms. The Hall–Kier alpha value is -0.900. The standard InChI is InChI=1S/C19H36N6O.HI/c1-5-20-19(21-12-11-16(15(3)4)26-6-2)22-14-18-24-23-17-10-8-7-9-13-25(17)18;/h15-16H,5-14H2,1-4H3,(H2,20,21,22);1H. The maximum atomic E-state index is 5.82. The van der Waals surface area contributed by atoms with Crippen LogP contribution in [0.15, 0.2) is 4.99 Å². The maximum Gasteiger partial charge on any atom is 0.191 e. The molecule has 2 N–H and O–H groups in total. The normalized spacial score (nSPS) is 15.7. The van der Waals surface area contributed by atoms with Crippen LogP contribution < -0.4 is 10.6 Å². The minimum atomic E-state index is 0. The summed E-state index contributed by atoms with van der Waals surface area (Å²) in [4.78, 5) is 4.71. The van der Waals surface area contributed by atoms with Gasteiger partial charge < -0.3 is 19.9 Å². The van der Waals surface area contributed by atoms with Crippen molar-refractivity contribution >= 4 is 29.9 Å². The number of aromatic nitrogens is 3.